The van der Waals surface area contributed by atoms with Crippen LogP contribution < -0.4 is 0 Å². The lowest BCUT2D eigenvalue weighted by Crippen LogP contribution is -2.40. The maximum absolute atomic E-state index is 10.9. The summed E-state index contributed by atoms with van der Waals surface area (Å²) in [6.07, 6.45) is 1.13. The zero-order chi connectivity index (χ0) is 7.14. The van der Waals surface area contributed by atoms with Crippen LogP contribution in [0.4, 0.5) is 0 Å². The molecule has 10 heavy (non-hydrogen) atoms. The predicted octanol–water partition coefficient (Wildman–Crippen LogP) is 0.00600. The van der Waals surface area contributed by atoms with Gasteiger partial charge in [-0.05, 0) is 6.54 Å². The molecule has 0 N–H and O–H groups in total. The fourth-order valence-electron chi connectivity index (χ4n) is 1.78. The number of likely N-dealkylation sites (tertiary alicyclic amines) is 1. The van der Waals surface area contributed by atoms with E-state index in [9.17, 15) is 4.79 Å². The van der Waals surface area contributed by atoms with Gasteiger partial charge in [0.15, 0.2) is 0 Å². The molecule has 0 spiro atoms. The maximum atomic E-state index is 10.9. The van der Waals surface area contributed by atoms with Crippen LogP contribution in [-0.4, -0.2) is 36.1 Å². The third kappa shape index (κ3) is 0.669. The normalized spacial score (nSPS) is 38.7. The Hall–Kier alpha value is -0.570. The van der Waals surface area contributed by atoms with Crippen molar-refractivity contribution in [2.75, 3.05) is 13.1 Å². The Morgan fingerprint density at radius 2 is 2.60 bits per heavy atom. The number of hydrogen-bond donors (Lipinski definition) is 0. The fraction of sp³-hybridized carbons (Fsp3) is 0.857. The highest BCUT2D eigenvalue weighted by atomic mass is 16.6. The minimum atomic E-state index is -0.0156. The monoisotopic (exact) mass is 141 g/mol. The van der Waals surface area contributed by atoms with E-state index in [4.69, 9.17) is 4.74 Å². The molecule has 0 amide bonds. The number of carbonyl (C=O) groups excluding carboxylic acids is 1. The number of hydrogen-bond acceptors (Lipinski definition) is 3. The van der Waals surface area contributed by atoms with E-state index in [1.165, 1.54) is 0 Å². The summed E-state index contributed by atoms with van der Waals surface area (Å²) in [6.45, 7) is 4.00. The van der Waals surface area contributed by atoms with Crippen LogP contribution in [0.3, 0.4) is 0 Å². The molecule has 0 saturated carbocycles. The smallest absolute Gasteiger partial charge is 0.323 e. The summed E-state index contributed by atoms with van der Waals surface area (Å²) in [6, 6.07) is 0.0926. The van der Waals surface area contributed by atoms with E-state index in [0.29, 0.717) is 0 Å². The Kier molecular flexibility index (Phi) is 1.20. The molecule has 3 nitrogen and oxygen atoms in total. The number of esters is 1. The van der Waals surface area contributed by atoms with Crippen molar-refractivity contribution in [2.45, 2.75) is 25.5 Å². The maximum Gasteiger partial charge on any atom is 0.323 e. The van der Waals surface area contributed by atoms with Crippen LogP contribution in [0.15, 0.2) is 0 Å². The van der Waals surface area contributed by atoms with Gasteiger partial charge in [-0.2, -0.15) is 0 Å². The van der Waals surface area contributed by atoms with Gasteiger partial charge in [-0.3, -0.25) is 9.69 Å². The molecule has 0 aromatic carbocycles. The summed E-state index contributed by atoms with van der Waals surface area (Å²) >= 11 is 0. The first kappa shape index (κ1) is 6.16. The molecule has 2 bridgehead atoms. The Morgan fingerprint density at radius 1 is 1.80 bits per heavy atom. The first-order valence-corrected chi connectivity index (χ1v) is 3.76. The van der Waals surface area contributed by atoms with Gasteiger partial charge in [0.05, 0.1) is 0 Å². The number of nitrogens with zero attached hydrogens (tertiary/aromatic N) is 1. The van der Waals surface area contributed by atoms with Crippen LogP contribution in [-0.2, 0) is 9.53 Å². The number of fused-ring (bicyclic) bond motifs is 2. The first-order chi connectivity index (χ1) is 4.81. The van der Waals surface area contributed by atoms with E-state index >= 15 is 0 Å². The molecule has 0 radical (unpaired) electrons. The van der Waals surface area contributed by atoms with E-state index < -0.39 is 0 Å². The molecular weight excluding hydrogens is 130 g/mol. The number of morpholine rings is 1. The lowest BCUT2D eigenvalue weighted by atomic mass is 10.2. The third-order valence-corrected chi connectivity index (χ3v) is 2.33. The van der Waals surface area contributed by atoms with Crippen LogP contribution in [0, 0.1) is 0 Å². The van der Waals surface area contributed by atoms with Crippen molar-refractivity contribution < 1.29 is 9.53 Å². The SMILES string of the molecule is CCN1CC2CC1C(=O)O2. The number of ether oxygens (including phenoxy) is 1. The molecule has 56 valence electrons. The van der Waals surface area contributed by atoms with Gasteiger partial charge >= 0.3 is 5.97 Å². The zero-order valence-corrected chi connectivity index (χ0v) is 6.04. The molecule has 0 aromatic heterocycles. The van der Waals surface area contributed by atoms with Gasteiger partial charge in [-0.25, -0.2) is 0 Å². The van der Waals surface area contributed by atoms with Crippen LogP contribution in [0.5, 0.6) is 0 Å². The van der Waals surface area contributed by atoms with E-state index in [-0.39, 0.29) is 18.1 Å². The molecule has 2 aliphatic rings. The molecule has 2 saturated heterocycles. The first-order valence-electron chi connectivity index (χ1n) is 3.76. The minimum absolute atomic E-state index is 0.0156. The minimum Gasteiger partial charge on any atom is -0.460 e. The van der Waals surface area contributed by atoms with Gasteiger partial charge in [-0.1, -0.05) is 6.92 Å². The molecule has 2 aliphatic heterocycles. The van der Waals surface area contributed by atoms with Gasteiger partial charge in [0.25, 0.3) is 0 Å². The molecule has 0 aliphatic carbocycles. The van der Waals surface area contributed by atoms with E-state index in [2.05, 4.69) is 11.8 Å². The lowest BCUT2D eigenvalue weighted by Gasteiger charge is -2.23. The van der Waals surface area contributed by atoms with Crippen molar-refractivity contribution >= 4 is 5.97 Å². The fourth-order valence-corrected chi connectivity index (χ4v) is 1.78. The van der Waals surface area contributed by atoms with Crippen molar-refractivity contribution in [3.05, 3.63) is 0 Å². The standard InChI is InChI=1S/C7H11NO2/c1-2-8-4-5-3-6(8)7(9)10-5/h5-6H,2-4H2,1H3. The summed E-state index contributed by atoms with van der Waals surface area (Å²) in [4.78, 5) is 13.1. The lowest BCUT2D eigenvalue weighted by molar-refractivity contribution is -0.150. The molecule has 2 unspecified atom stereocenters. The number of likely N-dealkylation sites (N-methyl/N-ethyl adjacent to an activating group) is 1. The molecule has 0 aromatic rings. The van der Waals surface area contributed by atoms with E-state index in [1.807, 2.05) is 0 Å². The molecule has 3 heteroatoms. The van der Waals surface area contributed by atoms with Gasteiger partial charge in [0.2, 0.25) is 0 Å². The zero-order valence-electron chi connectivity index (χ0n) is 6.04. The average molecular weight is 141 g/mol. The quantitative estimate of drug-likeness (QED) is 0.482. The van der Waals surface area contributed by atoms with Crippen LogP contribution in [0.25, 0.3) is 0 Å². The van der Waals surface area contributed by atoms with Crippen molar-refractivity contribution in [1.29, 1.82) is 0 Å². The summed E-state index contributed by atoms with van der Waals surface area (Å²) in [5.41, 5.74) is 0. The Morgan fingerprint density at radius 3 is 3.00 bits per heavy atom. The second-order valence-electron chi connectivity index (χ2n) is 2.90. The van der Waals surface area contributed by atoms with Crippen molar-refractivity contribution in [3.63, 3.8) is 0 Å². The van der Waals surface area contributed by atoms with Crippen molar-refractivity contribution in [3.8, 4) is 0 Å². The summed E-state index contributed by atoms with van der Waals surface area (Å²) in [5, 5.41) is 0. The van der Waals surface area contributed by atoms with Crippen molar-refractivity contribution in [1.82, 2.24) is 4.90 Å². The summed E-state index contributed by atoms with van der Waals surface area (Å²) in [5.74, 6) is -0.0156. The molecular formula is C7H11NO2. The summed E-state index contributed by atoms with van der Waals surface area (Å²) in [7, 11) is 0. The van der Waals surface area contributed by atoms with Gasteiger partial charge < -0.3 is 4.74 Å². The summed E-state index contributed by atoms with van der Waals surface area (Å²) < 4.78 is 5.01. The van der Waals surface area contributed by atoms with Crippen molar-refractivity contribution in [2.24, 2.45) is 0 Å². The second-order valence-corrected chi connectivity index (χ2v) is 2.90. The largest absolute Gasteiger partial charge is 0.460 e. The Bertz CT molecular complexity index is 169. The van der Waals surface area contributed by atoms with Gasteiger partial charge in [0, 0.05) is 13.0 Å². The Balaban J connectivity index is 2.12. The topological polar surface area (TPSA) is 29.5 Å². The highest BCUT2D eigenvalue weighted by Gasteiger charge is 2.45. The van der Waals surface area contributed by atoms with Gasteiger partial charge in [0.1, 0.15) is 12.1 Å². The van der Waals surface area contributed by atoms with Crippen LogP contribution in [0.1, 0.15) is 13.3 Å². The average Bonchev–Trinajstić information content (AvgIpc) is 2.44. The predicted molar refractivity (Wildman–Crippen MR) is 35.5 cm³/mol. The van der Waals surface area contributed by atoms with Crippen LogP contribution in [0.2, 0.25) is 0 Å². The number of carbonyl (C=O) groups is 1. The third-order valence-electron chi connectivity index (χ3n) is 2.33. The number of rotatable bonds is 1. The molecule has 2 fully saturated rings. The van der Waals surface area contributed by atoms with E-state index in [1.54, 1.807) is 0 Å². The second kappa shape index (κ2) is 1.95. The Labute approximate surface area is 60.0 Å². The van der Waals surface area contributed by atoms with Gasteiger partial charge in [-0.15, -0.1) is 0 Å². The highest BCUT2D eigenvalue weighted by Crippen LogP contribution is 2.28. The molecule has 2 atom stereocenters. The molecule has 2 heterocycles. The van der Waals surface area contributed by atoms with Crippen LogP contribution >= 0.6 is 0 Å². The molecule has 2 rings (SSSR count). The highest BCUT2D eigenvalue weighted by molar-refractivity contribution is 5.79. The van der Waals surface area contributed by atoms with E-state index in [0.717, 1.165) is 19.5 Å².